The third-order valence-corrected chi connectivity index (χ3v) is 4.00. The monoisotopic (exact) mass is 291 g/mol. The Balaban J connectivity index is 2.13. The van der Waals surface area contributed by atoms with Crippen LogP contribution in [-0.4, -0.2) is 62.1 Å². The van der Waals surface area contributed by atoms with E-state index in [-0.39, 0.29) is 11.9 Å². The maximum Gasteiger partial charge on any atom is 0.240 e. The summed E-state index contributed by atoms with van der Waals surface area (Å²) in [6.07, 6.45) is 0.559. The molecule has 0 radical (unpaired) electrons. The normalized spacial score (nSPS) is 21.3. The molecule has 1 aliphatic rings. The van der Waals surface area contributed by atoms with Gasteiger partial charge in [0.1, 0.15) is 0 Å². The van der Waals surface area contributed by atoms with Crippen molar-refractivity contribution in [3.8, 4) is 0 Å². The Labute approximate surface area is 126 Å². The largest absolute Gasteiger partial charge is 0.385 e. The number of piperazine rings is 1. The molecule has 1 aromatic rings. The summed E-state index contributed by atoms with van der Waals surface area (Å²) >= 11 is 0. The average molecular weight is 291 g/mol. The van der Waals surface area contributed by atoms with Crippen LogP contribution in [0.2, 0.25) is 0 Å². The van der Waals surface area contributed by atoms with Gasteiger partial charge in [-0.1, -0.05) is 30.3 Å². The molecule has 0 spiro atoms. The fraction of sp³-hybridized carbons (Fsp3) is 0.562. The molecular formula is C16H25N3O2. The third-order valence-electron chi connectivity index (χ3n) is 4.00. The molecule has 0 saturated carbocycles. The van der Waals surface area contributed by atoms with Crippen LogP contribution in [0.3, 0.4) is 0 Å². The average Bonchev–Trinajstić information content (AvgIpc) is 2.52. The molecule has 5 heteroatoms. The van der Waals surface area contributed by atoms with Gasteiger partial charge in [-0.25, -0.2) is 0 Å². The predicted octanol–water partition coefficient (Wildman–Crippen LogP) is 0.866. The minimum absolute atomic E-state index is 0.0222. The van der Waals surface area contributed by atoms with Crippen LogP contribution in [0, 0.1) is 0 Å². The summed E-state index contributed by atoms with van der Waals surface area (Å²) in [4.78, 5) is 16.8. The highest BCUT2D eigenvalue weighted by Crippen LogP contribution is 2.25. The Morgan fingerprint density at radius 2 is 2.10 bits per heavy atom. The number of carbonyl (C=O) groups excluding carboxylic acids is 1. The minimum Gasteiger partial charge on any atom is -0.385 e. The van der Waals surface area contributed by atoms with E-state index in [0.717, 1.165) is 25.2 Å². The van der Waals surface area contributed by atoms with Gasteiger partial charge in [-0.15, -0.1) is 0 Å². The van der Waals surface area contributed by atoms with E-state index in [2.05, 4.69) is 24.1 Å². The van der Waals surface area contributed by atoms with Gasteiger partial charge in [0.15, 0.2) is 0 Å². The number of carbonyl (C=O) groups is 1. The lowest BCUT2D eigenvalue weighted by Gasteiger charge is -2.41. The Morgan fingerprint density at radius 3 is 2.76 bits per heavy atom. The van der Waals surface area contributed by atoms with Crippen molar-refractivity contribution in [2.45, 2.75) is 18.5 Å². The zero-order chi connectivity index (χ0) is 15.2. The smallest absolute Gasteiger partial charge is 0.240 e. The molecule has 116 valence electrons. The molecule has 1 amide bonds. The molecule has 1 saturated heterocycles. The topological polar surface area (TPSA) is 58.8 Å². The fourth-order valence-electron chi connectivity index (χ4n) is 2.72. The Morgan fingerprint density at radius 1 is 1.38 bits per heavy atom. The van der Waals surface area contributed by atoms with Gasteiger partial charge in [0.25, 0.3) is 0 Å². The molecule has 0 aliphatic carbocycles. The zero-order valence-corrected chi connectivity index (χ0v) is 12.9. The molecule has 21 heavy (non-hydrogen) atoms. The van der Waals surface area contributed by atoms with Crippen molar-refractivity contribution in [2.75, 3.05) is 40.4 Å². The van der Waals surface area contributed by atoms with Crippen molar-refractivity contribution in [3.05, 3.63) is 35.9 Å². The van der Waals surface area contributed by atoms with Gasteiger partial charge < -0.3 is 20.3 Å². The van der Waals surface area contributed by atoms with E-state index in [4.69, 9.17) is 10.5 Å². The van der Waals surface area contributed by atoms with E-state index in [1.54, 1.807) is 7.11 Å². The highest BCUT2D eigenvalue weighted by atomic mass is 16.5. The van der Waals surface area contributed by atoms with Gasteiger partial charge in [0, 0.05) is 33.4 Å². The van der Waals surface area contributed by atoms with Crippen molar-refractivity contribution >= 4 is 5.91 Å². The van der Waals surface area contributed by atoms with Crippen LogP contribution in [0.25, 0.3) is 0 Å². The molecular weight excluding hydrogens is 266 g/mol. The second-order valence-electron chi connectivity index (χ2n) is 5.61. The van der Waals surface area contributed by atoms with Crippen molar-refractivity contribution in [1.82, 2.24) is 9.80 Å². The molecule has 0 aromatic heterocycles. The summed E-state index contributed by atoms with van der Waals surface area (Å²) in [5, 5.41) is 0. The lowest BCUT2D eigenvalue weighted by Crippen LogP contribution is -2.54. The van der Waals surface area contributed by atoms with Gasteiger partial charge in [-0.05, 0) is 19.0 Å². The molecule has 1 aliphatic heterocycles. The van der Waals surface area contributed by atoms with Crippen LogP contribution in [0.15, 0.2) is 30.3 Å². The highest BCUT2D eigenvalue weighted by Gasteiger charge is 2.32. The Hall–Kier alpha value is -1.43. The number of benzene rings is 1. The van der Waals surface area contributed by atoms with Crippen LogP contribution in [0.4, 0.5) is 0 Å². The van der Waals surface area contributed by atoms with Crippen LogP contribution in [-0.2, 0) is 9.53 Å². The maximum atomic E-state index is 12.6. The number of nitrogens with two attached hydrogens (primary N) is 1. The molecule has 1 heterocycles. The van der Waals surface area contributed by atoms with Gasteiger partial charge in [-0.3, -0.25) is 4.79 Å². The summed E-state index contributed by atoms with van der Waals surface area (Å²) in [7, 11) is 3.71. The molecule has 1 aromatic carbocycles. The summed E-state index contributed by atoms with van der Waals surface area (Å²) in [6.45, 7) is 2.95. The van der Waals surface area contributed by atoms with E-state index in [9.17, 15) is 4.79 Å². The number of amides is 1. The quantitative estimate of drug-likeness (QED) is 0.874. The van der Waals surface area contributed by atoms with Gasteiger partial charge >= 0.3 is 0 Å². The number of hydrogen-bond acceptors (Lipinski definition) is 4. The predicted molar refractivity (Wildman–Crippen MR) is 82.9 cm³/mol. The van der Waals surface area contributed by atoms with Crippen LogP contribution in [0.5, 0.6) is 0 Å². The SMILES string of the molecule is COCCC(N)C(=O)N1CCN(C)CC1c1ccccc1. The van der Waals surface area contributed by atoms with Crippen molar-refractivity contribution in [1.29, 1.82) is 0 Å². The summed E-state index contributed by atoms with van der Waals surface area (Å²) in [6, 6.07) is 9.75. The molecule has 2 N–H and O–H groups in total. The summed E-state index contributed by atoms with van der Waals surface area (Å²) < 4.78 is 5.02. The number of likely N-dealkylation sites (N-methyl/N-ethyl adjacent to an activating group) is 1. The molecule has 2 unspecified atom stereocenters. The first-order chi connectivity index (χ1) is 10.1. The number of ether oxygens (including phenoxy) is 1. The first-order valence-electron chi connectivity index (χ1n) is 7.42. The second-order valence-corrected chi connectivity index (χ2v) is 5.61. The first-order valence-corrected chi connectivity index (χ1v) is 7.42. The summed E-state index contributed by atoms with van der Waals surface area (Å²) in [5.41, 5.74) is 7.19. The van der Waals surface area contributed by atoms with Gasteiger partial charge in [0.2, 0.25) is 5.91 Å². The Bertz CT molecular complexity index is 452. The van der Waals surface area contributed by atoms with Crippen LogP contribution in [0.1, 0.15) is 18.0 Å². The molecule has 2 rings (SSSR count). The van der Waals surface area contributed by atoms with E-state index in [1.807, 2.05) is 23.1 Å². The lowest BCUT2D eigenvalue weighted by molar-refractivity contribution is -0.138. The molecule has 0 bridgehead atoms. The fourth-order valence-corrected chi connectivity index (χ4v) is 2.72. The number of nitrogens with zero attached hydrogens (tertiary/aromatic N) is 2. The Kier molecular flexibility index (Phi) is 5.73. The third kappa shape index (κ3) is 4.03. The minimum atomic E-state index is -0.487. The van der Waals surface area contributed by atoms with E-state index in [0.29, 0.717) is 13.0 Å². The number of methoxy groups -OCH3 is 1. The standard InChI is InChI=1S/C16H25N3O2/c1-18-9-10-19(16(20)14(17)8-11-21-2)15(12-18)13-6-4-3-5-7-13/h3-7,14-15H,8-12,17H2,1-2H3. The second kappa shape index (κ2) is 7.54. The summed E-state index contributed by atoms with van der Waals surface area (Å²) in [5.74, 6) is 0.0222. The van der Waals surface area contributed by atoms with E-state index in [1.165, 1.54) is 0 Å². The van der Waals surface area contributed by atoms with Crippen molar-refractivity contribution in [3.63, 3.8) is 0 Å². The molecule has 5 nitrogen and oxygen atoms in total. The molecule has 1 fully saturated rings. The van der Waals surface area contributed by atoms with Gasteiger partial charge in [0.05, 0.1) is 12.1 Å². The van der Waals surface area contributed by atoms with Crippen LogP contribution < -0.4 is 5.73 Å². The lowest BCUT2D eigenvalue weighted by atomic mass is 10.0. The van der Waals surface area contributed by atoms with Crippen molar-refractivity contribution < 1.29 is 9.53 Å². The van der Waals surface area contributed by atoms with Crippen molar-refractivity contribution in [2.24, 2.45) is 5.73 Å². The zero-order valence-electron chi connectivity index (χ0n) is 12.9. The van der Waals surface area contributed by atoms with E-state index < -0.39 is 6.04 Å². The first kappa shape index (κ1) is 15.9. The maximum absolute atomic E-state index is 12.6. The van der Waals surface area contributed by atoms with Gasteiger partial charge in [-0.2, -0.15) is 0 Å². The molecule has 2 atom stereocenters. The number of rotatable bonds is 5. The highest BCUT2D eigenvalue weighted by molar-refractivity contribution is 5.82. The van der Waals surface area contributed by atoms with Crippen LogP contribution >= 0.6 is 0 Å². The number of hydrogen-bond donors (Lipinski definition) is 1. The van der Waals surface area contributed by atoms with E-state index >= 15 is 0 Å².